The lowest BCUT2D eigenvalue weighted by atomic mass is 10.1. The lowest BCUT2D eigenvalue weighted by Gasteiger charge is -2.13. The quantitative estimate of drug-likeness (QED) is 0.684. The van der Waals surface area contributed by atoms with Crippen LogP contribution in [0.3, 0.4) is 0 Å². The molecule has 0 aliphatic carbocycles. The molecule has 3 aromatic rings. The van der Waals surface area contributed by atoms with Crippen molar-refractivity contribution < 1.29 is 14.3 Å². The number of H-pyrrole nitrogens is 1. The number of fused-ring (bicyclic) bond motifs is 1. The Labute approximate surface area is 157 Å². The minimum absolute atomic E-state index is 0.227. The second-order valence-corrected chi connectivity index (χ2v) is 6.40. The summed E-state index contributed by atoms with van der Waals surface area (Å²) >= 11 is 6.12. The third-order valence-corrected chi connectivity index (χ3v) is 4.63. The van der Waals surface area contributed by atoms with Gasteiger partial charge in [-0.25, -0.2) is 0 Å². The highest BCUT2D eigenvalue weighted by Gasteiger charge is 2.18. The third kappa shape index (κ3) is 3.48. The van der Waals surface area contributed by atoms with E-state index in [1.807, 2.05) is 25.1 Å². The number of methoxy groups -OCH3 is 2. The SMILES string of the molecule is COc1cccc(OC)c1C(=O)NCCc1c(C)[nH]c2ccc(Cl)cc12. The number of rotatable bonds is 6. The molecule has 0 spiro atoms. The van der Waals surface area contributed by atoms with E-state index in [-0.39, 0.29) is 5.91 Å². The molecule has 0 saturated carbocycles. The van der Waals surface area contributed by atoms with Gasteiger partial charge in [-0.3, -0.25) is 4.79 Å². The molecule has 0 radical (unpaired) electrons. The second-order valence-electron chi connectivity index (χ2n) is 5.96. The summed E-state index contributed by atoms with van der Waals surface area (Å²) in [6.07, 6.45) is 0.690. The first-order chi connectivity index (χ1) is 12.5. The molecule has 0 unspecified atom stereocenters. The van der Waals surface area contributed by atoms with Gasteiger partial charge in [0.15, 0.2) is 0 Å². The highest BCUT2D eigenvalue weighted by Crippen LogP contribution is 2.28. The minimum atomic E-state index is -0.227. The van der Waals surface area contributed by atoms with Gasteiger partial charge in [0.25, 0.3) is 5.91 Å². The molecule has 0 aliphatic rings. The molecule has 5 nitrogen and oxygen atoms in total. The summed E-state index contributed by atoms with van der Waals surface area (Å²) in [5.41, 5.74) is 3.66. The number of aromatic amines is 1. The van der Waals surface area contributed by atoms with E-state index < -0.39 is 0 Å². The first-order valence-electron chi connectivity index (χ1n) is 8.31. The van der Waals surface area contributed by atoms with E-state index in [1.165, 1.54) is 14.2 Å². The van der Waals surface area contributed by atoms with E-state index in [2.05, 4.69) is 10.3 Å². The Morgan fingerprint density at radius 2 is 1.85 bits per heavy atom. The minimum Gasteiger partial charge on any atom is -0.496 e. The Balaban J connectivity index is 1.76. The van der Waals surface area contributed by atoms with E-state index in [4.69, 9.17) is 21.1 Å². The maximum absolute atomic E-state index is 12.6. The van der Waals surface area contributed by atoms with Crippen molar-refractivity contribution in [2.45, 2.75) is 13.3 Å². The Morgan fingerprint density at radius 3 is 2.50 bits per heavy atom. The van der Waals surface area contributed by atoms with Crippen molar-refractivity contribution in [3.8, 4) is 11.5 Å². The van der Waals surface area contributed by atoms with Crippen LogP contribution in [0.5, 0.6) is 11.5 Å². The van der Waals surface area contributed by atoms with Crippen LogP contribution in [0.25, 0.3) is 10.9 Å². The van der Waals surface area contributed by atoms with Gasteiger partial charge in [0.05, 0.1) is 14.2 Å². The molecule has 26 heavy (non-hydrogen) atoms. The Morgan fingerprint density at radius 1 is 1.15 bits per heavy atom. The molecule has 1 aromatic heterocycles. The maximum atomic E-state index is 12.6. The Bertz CT molecular complexity index is 927. The number of hydrogen-bond donors (Lipinski definition) is 2. The van der Waals surface area contributed by atoms with Crippen LogP contribution in [0.2, 0.25) is 5.02 Å². The molecule has 0 fully saturated rings. The number of hydrogen-bond acceptors (Lipinski definition) is 3. The first kappa shape index (κ1) is 18.1. The number of ether oxygens (including phenoxy) is 2. The van der Waals surface area contributed by atoms with Gasteiger partial charge in [0, 0.05) is 28.2 Å². The van der Waals surface area contributed by atoms with Crippen molar-refractivity contribution in [1.29, 1.82) is 0 Å². The van der Waals surface area contributed by atoms with E-state index >= 15 is 0 Å². The van der Waals surface area contributed by atoms with E-state index in [9.17, 15) is 4.79 Å². The van der Waals surface area contributed by atoms with Gasteiger partial charge in [-0.05, 0) is 49.2 Å². The summed E-state index contributed by atoms with van der Waals surface area (Å²) in [6, 6.07) is 11.0. The van der Waals surface area contributed by atoms with E-state index in [0.717, 1.165) is 22.2 Å². The van der Waals surface area contributed by atoms with Crippen molar-refractivity contribution in [1.82, 2.24) is 10.3 Å². The number of benzene rings is 2. The average molecular weight is 373 g/mol. The lowest BCUT2D eigenvalue weighted by Crippen LogP contribution is -2.26. The fourth-order valence-electron chi connectivity index (χ4n) is 3.14. The van der Waals surface area contributed by atoms with Gasteiger partial charge in [0.2, 0.25) is 0 Å². The number of amides is 1. The molecule has 2 aromatic carbocycles. The fourth-order valence-corrected chi connectivity index (χ4v) is 3.31. The van der Waals surface area contributed by atoms with Crippen LogP contribution in [0, 0.1) is 6.92 Å². The normalized spacial score (nSPS) is 10.8. The van der Waals surface area contributed by atoms with Gasteiger partial charge in [-0.2, -0.15) is 0 Å². The van der Waals surface area contributed by atoms with Gasteiger partial charge < -0.3 is 19.8 Å². The zero-order chi connectivity index (χ0) is 18.7. The number of nitrogens with one attached hydrogen (secondary N) is 2. The standard InChI is InChI=1S/C20H21ClN2O3/c1-12-14(15-11-13(21)7-8-16(15)23-12)9-10-22-20(24)19-17(25-2)5-4-6-18(19)26-3/h4-8,11,23H,9-10H2,1-3H3,(H,22,24). The number of carbonyl (C=O) groups is 1. The lowest BCUT2D eigenvalue weighted by molar-refractivity contribution is 0.0948. The van der Waals surface area contributed by atoms with E-state index in [0.29, 0.717) is 35.1 Å². The Hall–Kier alpha value is -2.66. The first-order valence-corrected chi connectivity index (χ1v) is 8.68. The van der Waals surface area contributed by atoms with Crippen LogP contribution in [-0.2, 0) is 6.42 Å². The maximum Gasteiger partial charge on any atom is 0.258 e. The topological polar surface area (TPSA) is 63.4 Å². The molecule has 136 valence electrons. The molecular weight excluding hydrogens is 352 g/mol. The molecule has 0 atom stereocenters. The molecular formula is C20H21ClN2O3. The molecule has 0 saturated heterocycles. The zero-order valence-corrected chi connectivity index (χ0v) is 15.7. The number of aryl methyl sites for hydroxylation is 1. The van der Waals surface area contributed by atoms with Crippen LogP contribution in [-0.4, -0.2) is 31.7 Å². The van der Waals surface area contributed by atoms with Gasteiger partial charge in [-0.15, -0.1) is 0 Å². The van der Waals surface area contributed by atoms with Gasteiger partial charge >= 0.3 is 0 Å². The second kappa shape index (κ2) is 7.70. The highest BCUT2D eigenvalue weighted by atomic mass is 35.5. The molecule has 0 bridgehead atoms. The largest absolute Gasteiger partial charge is 0.496 e. The smallest absolute Gasteiger partial charge is 0.258 e. The van der Waals surface area contributed by atoms with Crippen LogP contribution in [0.15, 0.2) is 36.4 Å². The summed E-state index contributed by atoms with van der Waals surface area (Å²) in [5.74, 6) is 0.739. The summed E-state index contributed by atoms with van der Waals surface area (Å²) in [4.78, 5) is 16.0. The van der Waals surface area contributed by atoms with Crippen LogP contribution < -0.4 is 14.8 Å². The van der Waals surface area contributed by atoms with Crippen LogP contribution in [0.4, 0.5) is 0 Å². The predicted octanol–water partition coefficient (Wildman–Crippen LogP) is 4.12. The molecule has 1 amide bonds. The van der Waals surface area contributed by atoms with E-state index in [1.54, 1.807) is 18.2 Å². The summed E-state index contributed by atoms with van der Waals surface area (Å²) in [6.45, 7) is 2.51. The molecule has 0 aliphatic heterocycles. The molecule has 6 heteroatoms. The molecule has 3 rings (SSSR count). The molecule has 2 N–H and O–H groups in total. The summed E-state index contributed by atoms with van der Waals surface area (Å²) in [7, 11) is 3.06. The average Bonchev–Trinajstić information content (AvgIpc) is 2.95. The van der Waals surface area contributed by atoms with Crippen LogP contribution >= 0.6 is 11.6 Å². The fraction of sp³-hybridized carbons (Fsp3) is 0.250. The van der Waals surface area contributed by atoms with Crippen molar-refractivity contribution >= 4 is 28.4 Å². The van der Waals surface area contributed by atoms with Crippen molar-refractivity contribution in [3.63, 3.8) is 0 Å². The summed E-state index contributed by atoms with van der Waals surface area (Å²) < 4.78 is 10.6. The third-order valence-electron chi connectivity index (χ3n) is 4.40. The predicted molar refractivity (Wildman–Crippen MR) is 104 cm³/mol. The van der Waals surface area contributed by atoms with Crippen molar-refractivity contribution in [3.05, 3.63) is 58.2 Å². The Kier molecular flexibility index (Phi) is 5.38. The number of carbonyl (C=O) groups excluding carboxylic acids is 1. The zero-order valence-electron chi connectivity index (χ0n) is 15.0. The molecule has 1 heterocycles. The van der Waals surface area contributed by atoms with Gasteiger partial charge in [-0.1, -0.05) is 17.7 Å². The number of aromatic nitrogens is 1. The van der Waals surface area contributed by atoms with Crippen molar-refractivity contribution in [2.24, 2.45) is 0 Å². The highest BCUT2D eigenvalue weighted by molar-refractivity contribution is 6.31. The van der Waals surface area contributed by atoms with Crippen LogP contribution in [0.1, 0.15) is 21.6 Å². The summed E-state index contributed by atoms with van der Waals surface area (Å²) in [5, 5.41) is 4.72. The van der Waals surface area contributed by atoms with Crippen molar-refractivity contribution in [2.75, 3.05) is 20.8 Å². The number of halogens is 1. The monoisotopic (exact) mass is 372 g/mol. The van der Waals surface area contributed by atoms with Gasteiger partial charge in [0.1, 0.15) is 17.1 Å².